The van der Waals surface area contributed by atoms with E-state index in [2.05, 4.69) is 82.4 Å². The topological polar surface area (TPSA) is 242 Å². The lowest BCUT2D eigenvalue weighted by Gasteiger charge is -2.35. The van der Waals surface area contributed by atoms with Gasteiger partial charge in [0.25, 0.3) is 0 Å². The summed E-state index contributed by atoms with van der Waals surface area (Å²) in [6.45, 7) is -0.00564. The van der Waals surface area contributed by atoms with Gasteiger partial charge >= 0.3 is 47.8 Å². The minimum Gasteiger partial charge on any atom is -0.481 e. The molecule has 0 aliphatic carbocycles. The molecule has 0 rings (SSSR count). The van der Waals surface area contributed by atoms with Crippen LogP contribution in [-0.4, -0.2) is 145 Å². The van der Waals surface area contributed by atoms with Gasteiger partial charge in [0, 0.05) is 40.1 Å². The summed E-state index contributed by atoms with van der Waals surface area (Å²) in [6, 6.07) is 0. The van der Waals surface area contributed by atoms with Gasteiger partial charge in [-0.3, -0.25) is 33.6 Å². The summed E-state index contributed by atoms with van der Waals surface area (Å²) in [5.41, 5.74) is -3.13. The number of carboxylic acids is 2. The average molecular weight is 913 g/mol. The van der Waals surface area contributed by atoms with Gasteiger partial charge in [0.05, 0.1) is 69.0 Å². The van der Waals surface area contributed by atoms with E-state index in [9.17, 15) is 38.4 Å². The Morgan fingerprint density at radius 1 is 0.411 bits per heavy atom. The van der Waals surface area contributed by atoms with E-state index < -0.39 is 65.0 Å². The minimum absolute atomic E-state index is 0.0189. The first-order valence-corrected chi connectivity index (χ1v) is 20.6. The Bertz CT molecular complexity index is 1080. The van der Waals surface area contributed by atoms with Crippen molar-refractivity contribution < 1.29 is 81.7 Å². The van der Waals surface area contributed by atoms with Gasteiger partial charge in [-0.15, -0.1) is 0 Å². The lowest BCUT2D eigenvalue weighted by molar-refractivity contribution is -0.175. The van der Waals surface area contributed by atoms with Crippen LogP contribution in [0.4, 0.5) is 0 Å². The molecule has 0 aromatic carbocycles. The van der Waals surface area contributed by atoms with Crippen LogP contribution < -0.4 is 0 Å². The SMILES string of the molecule is C=C(CC(=O)O)C(=O)O.O=C(CCS)OCC(COCC(COC(=O)CCS)(COC(=O)CCS)COC(=O)CCS)(COC(=O)CCS)COC(=O)CCS. The molecule has 322 valence electrons. The number of aliphatic carboxylic acids is 2. The molecule has 0 atom stereocenters. The van der Waals surface area contributed by atoms with Crippen molar-refractivity contribution in [1.82, 2.24) is 0 Å². The second kappa shape index (κ2) is 33.5. The molecule has 0 aliphatic heterocycles. The third-order valence-electron chi connectivity index (χ3n) is 6.62. The highest BCUT2D eigenvalue weighted by Crippen LogP contribution is 2.27. The molecule has 56 heavy (non-hydrogen) atoms. The number of carbonyl (C=O) groups excluding carboxylic acids is 6. The molecule has 0 aromatic rings. The molecule has 2 N–H and O–H groups in total. The molecule has 0 fully saturated rings. The van der Waals surface area contributed by atoms with Crippen LogP contribution in [0.15, 0.2) is 12.2 Å². The van der Waals surface area contributed by atoms with Crippen LogP contribution in [-0.2, 0) is 71.5 Å². The third kappa shape index (κ3) is 28.9. The van der Waals surface area contributed by atoms with Gasteiger partial charge in [-0.1, -0.05) is 6.58 Å². The Morgan fingerprint density at radius 2 is 0.625 bits per heavy atom. The summed E-state index contributed by atoms with van der Waals surface area (Å²) < 4.78 is 38.6. The highest BCUT2D eigenvalue weighted by molar-refractivity contribution is 7.81. The molecule has 0 radical (unpaired) electrons. The quantitative estimate of drug-likeness (QED) is 0.0215. The summed E-state index contributed by atoms with van der Waals surface area (Å²) >= 11 is 24.2. The number of carbonyl (C=O) groups is 8. The van der Waals surface area contributed by atoms with Crippen LogP contribution in [0.5, 0.6) is 0 Å². The van der Waals surface area contributed by atoms with E-state index in [1.54, 1.807) is 0 Å². The molecular formula is C33H52O17S6. The smallest absolute Gasteiger partial charge is 0.331 e. The first-order valence-electron chi connectivity index (χ1n) is 16.8. The van der Waals surface area contributed by atoms with E-state index in [0.29, 0.717) is 0 Å². The van der Waals surface area contributed by atoms with Crippen molar-refractivity contribution in [3.05, 3.63) is 12.2 Å². The van der Waals surface area contributed by atoms with Gasteiger partial charge in [0.15, 0.2) is 0 Å². The molecule has 23 heteroatoms. The fourth-order valence-corrected chi connectivity index (χ4v) is 4.72. The Balaban J connectivity index is 0. The first kappa shape index (κ1) is 55.7. The number of ether oxygens (including phenoxy) is 7. The standard InChI is InChI=1S/C28H46O13S6.C5H6O4/c29-21(1-7-42)36-15-27(16-37-22(30)2-8-43,17-38-23(31)3-9-44)13-35-14-28(18-39-24(32)4-10-45,19-40-25(33)5-11-46)20-41-26(34)6-12-47;1-3(5(8)9)2-4(6)7/h42-47H,1-20H2;1-2H2,(H,6,7)(H,8,9). The molecule has 0 amide bonds. The summed E-state index contributed by atoms with van der Waals surface area (Å²) in [5.74, 6) is -4.82. The minimum atomic E-state index is -1.41. The maximum atomic E-state index is 12.3. The van der Waals surface area contributed by atoms with E-state index in [0.717, 1.165) is 0 Å². The van der Waals surface area contributed by atoms with Crippen molar-refractivity contribution in [3.63, 3.8) is 0 Å². The van der Waals surface area contributed by atoms with Crippen molar-refractivity contribution in [2.24, 2.45) is 10.8 Å². The van der Waals surface area contributed by atoms with Crippen LogP contribution >= 0.6 is 75.8 Å². The average Bonchev–Trinajstić information content (AvgIpc) is 3.13. The molecule has 0 unspecified atom stereocenters. The molecule has 0 saturated carbocycles. The number of carboxylic acid groups (broad SMARTS) is 2. The summed E-state index contributed by atoms with van der Waals surface area (Å²) in [7, 11) is 0. The molecule has 0 aliphatic rings. The van der Waals surface area contributed by atoms with Crippen molar-refractivity contribution >= 4 is 124 Å². The van der Waals surface area contributed by atoms with Crippen molar-refractivity contribution in [1.29, 1.82) is 0 Å². The van der Waals surface area contributed by atoms with Crippen LogP contribution in [0.2, 0.25) is 0 Å². The fraction of sp³-hybridized carbons (Fsp3) is 0.697. The zero-order valence-corrected chi connectivity index (χ0v) is 36.1. The molecule has 0 aromatic heterocycles. The third-order valence-corrected chi connectivity index (χ3v) is 7.96. The molecule has 17 nitrogen and oxygen atoms in total. The maximum Gasteiger partial charge on any atom is 0.331 e. The molecule has 0 spiro atoms. The number of hydrogen-bond donors (Lipinski definition) is 8. The lowest BCUT2D eigenvalue weighted by atomic mass is 9.90. The number of thiol groups is 6. The Morgan fingerprint density at radius 3 is 0.768 bits per heavy atom. The van der Waals surface area contributed by atoms with E-state index >= 15 is 0 Å². The van der Waals surface area contributed by atoms with Crippen LogP contribution in [0.1, 0.15) is 44.9 Å². The molecular weight excluding hydrogens is 861 g/mol. The number of rotatable bonds is 31. The van der Waals surface area contributed by atoms with Gasteiger partial charge < -0.3 is 43.4 Å². The van der Waals surface area contributed by atoms with E-state index in [1.807, 2.05) is 0 Å². The van der Waals surface area contributed by atoms with Crippen molar-refractivity contribution in [2.75, 3.05) is 87.4 Å². The van der Waals surface area contributed by atoms with E-state index in [1.165, 1.54) is 0 Å². The zero-order chi connectivity index (χ0) is 43.0. The monoisotopic (exact) mass is 912 g/mol. The number of hydrogen-bond acceptors (Lipinski definition) is 21. The summed E-state index contributed by atoms with van der Waals surface area (Å²) in [4.78, 5) is 93.5. The van der Waals surface area contributed by atoms with Crippen molar-refractivity contribution in [3.8, 4) is 0 Å². The predicted octanol–water partition coefficient (Wildman–Crippen LogP) is 2.26. The molecule has 0 bridgehead atoms. The maximum absolute atomic E-state index is 12.3. The Kier molecular flexibility index (Phi) is 33.3. The van der Waals surface area contributed by atoms with E-state index in [-0.39, 0.29) is 131 Å². The van der Waals surface area contributed by atoms with Gasteiger partial charge in [0.2, 0.25) is 0 Å². The van der Waals surface area contributed by atoms with Gasteiger partial charge in [-0.05, 0) is 0 Å². The summed E-state index contributed by atoms with van der Waals surface area (Å²) in [6.07, 6.45) is -0.618. The molecule has 0 saturated heterocycles. The number of esters is 6. The zero-order valence-electron chi connectivity index (χ0n) is 30.8. The van der Waals surface area contributed by atoms with Crippen LogP contribution in [0.3, 0.4) is 0 Å². The first-order chi connectivity index (χ1) is 26.5. The highest BCUT2D eigenvalue weighted by Gasteiger charge is 2.41. The van der Waals surface area contributed by atoms with Crippen LogP contribution in [0.25, 0.3) is 0 Å². The fourth-order valence-electron chi connectivity index (χ4n) is 3.62. The highest BCUT2D eigenvalue weighted by atomic mass is 32.1. The normalized spacial score (nSPS) is 10.9. The van der Waals surface area contributed by atoms with Gasteiger partial charge in [-0.2, -0.15) is 75.8 Å². The van der Waals surface area contributed by atoms with Crippen LogP contribution in [0, 0.1) is 10.8 Å². The summed E-state index contributed by atoms with van der Waals surface area (Å²) in [5, 5.41) is 16.1. The Labute approximate surface area is 358 Å². The molecule has 0 heterocycles. The predicted molar refractivity (Wildman–Crippen MR) is 221 cm³/mol. The van der Waals surface area contributed by atoms with Gasteiger partial charge in [-0.25, -0.2) is 4.79 Å². The lowest BCUT2D eigenvalue weighted by Crippen LogP contribution is -2.47. The Hall–Kier alpha value is -2.44. The van der Waals surface area contributed by atoms with Crippen molar-refractivity contribution in [2.45, 2.75) is 44.9 Å². The van der Waals surface area contributed by atoms with Gasteiger partial charge in [0.1, 0.15) is 39.6 Å². The largest absolute Gasteiger partial charge is 0.481 e. The second-order valence-electron chi connectivity index (χ2n) is 11.8. The van der Waals surface area contributed by atoms with E-state index in [4.69, 9.17) is 43.4 Å². The second-order valence-corrected chi connectivity index (χ2v) is 14.5.